The highest BCUT2D eigenvalue weighted by Crippen LogP contribution is 2.26. The largest absolute Gasteiger partial charge is 0.461 e. The van der Waals surface area contributed by atoms with E-state index in [0.717, 1.165) is 32.4 Å². The predicted molar refractivity (Wildman–Crippen MR) is 93.2 cm³/mol. The molecule has 0 bridgehead atoms. The number of piperazine rings is 1. The van der Waals surface area contributed by atoms with Crippen molar-refractivity contribution in [2.75, 3.05) is 26.2 Å². The van der Waals surface area contributed by atoms with Crippen molar-refractivity contribution in [3.63, 3.8) is 0 Å². The van der Waals surface area contributed by atoms with Crippen LogP contribution in [0, 0.1) is 5.92 Å². The average molecular weight is 388 g/mol. The summed E-state index contributed by atoms with van der Waals surface area (Å²) < 4.78 is 3.33. The standard InChI is InChI=1S/C15H25Cl3N2O3/c1-2-3-4-5-11(8-13(21)23-10-15(16,17)18)14(22)12-9-19-6-7-20-12/h11-12,19-20H,2-10H2,1H3/t11-,12+/m1/s1. The van der Waals surface area contributed by atoms with Crippen LogP contribution in [0.1, 0.15) is 39.0 Å². The second kappa shape index (κ2) is 10.7. The molecule has 0 spiro atoms. The highest BCUT2D eigenvalue weighted by atomic mass is 35.6. The molecule has 0 aromatic rings. The summed E-state index contributed by atoms with van der Waals surface area (Å²) in [6, 6.07) is -0.253. The number of ether oxygens (including phenoxy) is 1. The summed E-state index contributed by atoms with van der Waals surface area (Å²) in [5, 5.41) is 6.38. The molecule has 0 saturated carbocycles. The third kappa shape index (κ3) is 9.11. The Morgan fingerprint density at radius 3 is 2.57 bits per heavy atom. The first-order chi connectivity index (χ1) is 10.8. The number of alkyl halides is 3. The van der Waals surface area contributed by atoms with Gasteiger partial charge in [-0.25, -0.2) is 0 Å². The Morgan fingerprint density at radius 2 is 2.00 bits per heavy atom. The molecule has 0 aromatic heterocycles. The van der Waals surface area contributed by atoms with Gasteiger partial charge in [-0.05, 0) is 6.42 Å². The molecule has 2 N–H and O–H groups in total. The number of esters is 1. The molecule has 5 nitrogen and oxygen atoms in total. The maximum absolute atomic E-state index is 12.6. The summed E-state index contributed by atoms with van der Waals surface area (Å²) in [6.07, 6.45) is 3.70. The first-order valence-electron chi connectivity index (χ1n) is 8.03. The lowest BCUT2D eigenvalue weighted by Crippen LogP contribution is -2.54. The first kappa shape index (κ1) is 21.0. The van der Waals surface area contributed by atoms with Crippen LogP contribution < -0.4 is 10.6 Å². The molecule has 1 rings (SSSR count). The minimum atomic E-state index is -1.63. The number of carbonyl (C=O) groups excluding carboxylic acids is 2. The Labute approximate surface area is 152 Å². The molecule has 1 saturated heterocycles. The van der Waals surface area contributed by atoms with Gasteiger partial charge < -0.3 is 15.4 Å². The van der Waals surface area contributed by atoms with Gasteiger partial charge in [0.2, 0.25) is 3.79 Å². The Morgan fingerprint density at radius 1 is 1.26 bits per heavy atom. The van der Waals surface area contributed by atoms with E-state index < -0.39 is 9.76 Å². The van der Waals surface area contributed by atoms with Crippen molar-refractivity contribution < 1.29 is 14.3 Å². The van der Waals surface area contributed by atoms with E-state index in [1.165, 1.54) is 0 Å². The Hall–Kier alpha value is -0.0700. The van der Waals surface area contributed by atoms with E-state index in [2.05, 4.69) is 17.6 Å². The summed E-state index contributed by atoms with van der Waals surface area (Å²) in [7, 11) is 0. The lowest BCUT2D eigenvalue weighted by molar-refractivity contribution is -0.146. The number of carbonyl (C=O) groups is 2. The summed E-state index contributed by atoms with van der Waals surface area (Å²) >= 11 is 16.7. The highest BCUT2D eigenvalue weighted by Gasteiger charge is 2.30. The fourth-order valence-corrected chi connectivity index (χ4v) is 2.71. The maximum Gasteiger partial charge on any atom is 0.306 e. The second-order valence-electron chi connectivity index (χ2n) is 5.79. The number of hydrogen-bond donors (Lipinski definition) is 2. The molecule has 8 heteroatoms. The van der Waals surface area contributed by atoms with Gasteiger partial charge in [0.25, 0.3) is 0 Å². The predicted octanol–water partition coefficient (Wildman–Crippen LogP) is 2.62. The van der Waals surface area contributed by atoms with Crippen molar-refractivity contribution in [3.05, 3.63) is 0 Å². The van der Waals surface area contributed by atoms with Crippen LogP contribution >= 0.6 is 34.8 Å². The Bertz CT molecular complexity index is 383. The highest BCUT2D eigenvalue weighted by molar-refractivity contribution is 6.67. The van der Waals surface area contributed by atoms with Gasteiger partial charge in [-0.3, -0.25) is 9.59 Å². The van der Waals surface area contributed by atoms with E-state index >= 15 is 0 Å². The molecular weight excluding hydrogens is 363 g/mol. The molecule has 134 valence electrons. The quantitative estimate of drug-likeness (QED) is 0.362. The molecule has 1 fully saturated rings. The van der Waals surface area contributed by atoms with E-state index in [1.807, 2.05) is 0 Å². The monoisotopic (exact) mass is 386 g/mol. The molecule has 0 amide bonds. The van der Waals surface area contributed by atoms with Crippen LogP contribution in [0.4, 0.5) is 0 Å². The van der Waals surface area contributed by atoms with Gasteiger partial charge in [0.1, 0.15) is 6.61 Å². The first-order valence-corrected chi connectivity index (χ1v) is 9.17. The lowest BCUT2D eigenvalue weighted by Gasteiger charge is -2.27. The minimum absolute atomic E-state index is 0.0292. The second-order valence-corrected chi connectivity index (χ2v) is 8.30. The van der Waals surface area contributed by atoms with E-state index in [1.54, 1.807) is 0 Å². The van der Waals surface area contributed by atoms with Crippen molar-refractivity contribution in [2.45, 2.75) is 48.9 Å². The zero-order valence-corrected chi connectivity index (χ0v) is 15.6. The molecule has 0 aliphatic carbocycles. The number of Topliss-reactive ketones (excluding diaryl/α,β-unsaturated/α-hetero) is 1. The summed E-state index contributed by atoms with van der Waals surface area (Å²) in [5.41, 5.74) is 0. The van der Waals surface area contributed by atoms with E-state index in [9.17, 15) is 9.59 Å². The SMILES string of the molecule is CCCCC[C@H](CC(=O)OCC(Cl)(Cl)Cl)C(=O)[C@@H]1CNCCN1. The van der Waals surface area contributed by atoms with Crippen LogP contribution in [0.3, 0.4) is 0 Å². The van der Waals surface area contributed by atoms with Gasteiger partial charge in [0.05, 0.1) is 12.5 Å². The Balaban J connectivity index is 2.56. The third-order valence-electron chi connectivity index (χ3n) is 3.75. The summed E-state index contributed by atoms with van der Waals surface area (Å²) in [6.45, 7) is 3.96. The molecule has 1 heterocycles. The van der Waals surface area contributed by atoms with Gasteiger partial charge in [0, 0.05) is 25.6 Å². The maximum atomic E-state index is 12.6. The molecule has 2 atom stereocenters. The van der Waals surface area contributed by atoms with Crippen LogP contribution in [0.5, 0.6) is 0 Å². The van der Waals surface area contributed by atoms with Crippen LogP contribution in [-0.2, 0) is 14.3 Å². The fourth-order valence-electron chi connectivity index (χ4n) is 2.55. The van der Waals surface area contributed by atoms with E-state index in [0.29, 0.717) is 13.0 Å². The van der Waals surface area contributed by atoms with Gasteiger partial charge in [-0.2, -0.15) is 0 Å². The number of nitrogens with one attached hydrogen (secondary N) is 2. The van der Waals surface area contributed by atoms with Gasteiger partial charge in [-0.15, -0.1) is 0 Å². The van der Waals surface area contributed by atoms with Crippen molar-refractivity contribution in [1.29, 1.82) is 0 Å². The topological polar surface area (TPSA) is 67.4 Å². The summed E-state index contributed by atoms with van der Waals surface area (Å²) in [4.78, 5) is 24.6. The minimum Gasteiger partial charge on any atom is -0.461 e. The van der Waals surface area contributed by atoms with E-state index in [4.69, 9.17) is 39.5 Å². The number of rotatable bonds is 9. The van der Waals surface area contributed by atoms with E-state index in [-0.39, 0.29) is 30.8 Å². The zero-order chi connectivity index (χ0) is 17.3. The van der Waals surface area contributed by atoms with Gasteiger partial charge in [-0.1, -0.05) is 61.0 Å². The smallest absolute Gasteiger partial charge is 0.306 e. The molecule has 1 aliphatic rings. The molecule has 0 radical (unpaired) electrons. The molecule has 1 aliphatic heterocycles. The Kier molecular flexibility index (Phi) is 9.78. The molecule has 0 unspecified atom stereocenters. The number of ketones is 1. The van der Waals surface area contributed by atoms with Crippen molar-refractivity contribution in [2.24, 2.45) is 5.92 Å². The number of halogens is 3. The van der Waals surface area contributed by atoms with Crippen molar-refractivity contribution in [3.8, 4) is 0 Å². The van der Waals surface area contributed by atoms with Crippen LogP contribution in [0.25, 0.3) is 0 Å². The average Bonchev–Trinajstić information content (AvgIpc) is 2.51. The lowest BCUT2D eigenvalue weighted by atomic mass is 9.89. The van der Waals surface area contributed by atoms with Crippen LogP contribution in [0.2, 0.25) is 0 Å². The molecular formula is C15H25Cl3N2O3. The number of hydrogen-bond acceptors (Lipinski definition) is 5. The zero-order valence-electron chi connectivity index (χ0n) is 13.4. The van der Waals surface area contributed by atoms with Gasteiger partial charge >= 0.3 is 5.97 Å². The van der Waals surface area contributed by atoms with Crippen molar-refractivity contribution in [1.82, 2.24) is 10.6 Å². The van der Waals surface area contributed by atoms with Crippen molar-refractivity contribution >= 4 is 46.6 Å². The third-order valence-corrected chi connectivity index (χ3v) is 4.08. The van der Waals surface area contributed by atoms with Crippen LogP contribution in [0.15, 0.2) is 0 Å². The molecule has 0 aromatic carbocycles. The number of unbranched alkanes of at least 4 members (excludes halogenated alkanes) is 2. The summed E-state index contributed by atoms with van der Waals surface area (Å²) in [5.74, 6) is -0.809. The molecule has 23 heavy (non-hydrogen) atoms. The fraction of sp³-hybridized carbons (Fsp3) is 0.867. The van der Waals surface area contributed by atoms with Crippen LogP contribution in [-0.4, -0.2) is 47.8 Å². The van der Waals surface area contributed by atoms with Gasteiger partial charge in [0.15, 0.2) is 5.78 Å². The normalized spacial score (nSPS) is 20.1.